The van der Waals surface area contributed by atoms with Crippen molar-refractivity contribution in [2.45, 2.75) is 82.6 Å². The first-order chi connectivity index (χ1) is 18.6. The molecule has 1 unspecified atom stereocenters. The molecule has 2 saturated carbocycles. The molecule has 1 aliphatic heterocycles. The van der Waals surface area contributed by atoms with Crippen LogP contribution in [0, 0.1) is 36.5 Å². The molecule has 39 heavy (non-hydrogen) atoms. The van der Waals surface area contributed by atoms with E-state index < -0.39 is 5.79 Å². The van der Waals surface area contributed by atoms with Gasteiger partial charge in [-0.25, -0.2) is 0 Å². The van der Waals surface area contributed by atoms with Crippen molar-refractivity contribution in [2.24, 2.45) is 11.3 Å². The summed E-state index contributed by atoms with van der Waals surface area (Å²) in [6, 6.07) is 5.88. The number of fused-ring (bicyclic) bond motifs is 1. The Balaban J connectivity index is 1.25. The van der Waals surface area contributed by atoms with E-state index in [2.05, 4.69) is 16.4 Å². The highest BCUT2D eigenvalue weighted by molar-refractivity contribution is 7.98. The van der Waals surface area contributed by atoms with Gasteiger partial charge in [-0.15, -0.1) is 11.8 Å². The second kappa shape index (κ2) is 10.7. The summed E-state index contributed by atoms with van der Waals surface area (Å²) in [6.07, 6.45) is 7.38. The van der Waals surface area contributed by atoms with E-state index >= 15 is 0 Å². The zero-order valence-corrected chi connectivity index (χ0v) is 24.3. The Labute approximate surface area is 237 Å². The normalized spacial score (nSPS) is 24.7. The predicted molar refractivity (Wildman–Crippen MR) is 150 cm³/mol. The average molecular weight is 572 g/mol. The number of ether oxygens (including phenoxy) is 3. The van der Waals surface area contributed by atoms with Crippen molar-refractivity contribution in [1.29, 1.82) is 5.26 Å². The smallest absolute Gasteiger partial charge is 0.254 e. The third kappa shape index (κ3) is 5.52. The Morgan fingerprint density at radius 3 is 2.56 bits per heavy atom. The van der Waals surface area contributed by atoms with Crippen LogP contribution >= 0.6 is 23.4 Å². The summed E-state index contributed by atoms with van der Waals surface area (Å²) in [4.78, 5) is 29.3. The fourth-order valence-corrected chi connectivity index (χ4v) is 6.46. The van der Waals surface area contributed by atoms with Crippen molar-refractivity contribution in [3.8, 4) is 17.6 Å². The molecule has 8 nitrogen and oxygen atoms in total. The topological polar surface area (TPSA) is 113 Å². The van der Waals surface area contributed by atoms with Gasteiger partial charge in [0.2, 0.25) is 0 Å². The maximum atomic E-state index is 13.2. The van der Waals surface area contributed by atoms with Crippen molar-refractivity contribution in [3.63, 3.8) is 0 Å². The minimum Gasteiger partial charge on any atom is -0.448 e. The Bertz CT molecular complexity index is 1390. The summed E-state index contributed by atoms with van der Waals surface area (Å²) in [6.45, 7) is 6.18. The lowest BCUT2D eigenvalue weighted by Gasteiger charge is -2.37. The van der Waals surface area contributed by atoms with Gasteiger partial charge in [0.25, 0.3) is 17.3 Å². The summed E-state index contributed by atoms with van der Waals surface area (Å²) in [5.74, 6) is -0.178. The predicted octanol–water partition coefficient (Wildman–Crippen LogP) is 5.66. The number of nitrogens with one attached hydrogen (secondary N) is 2. The van der Waals surface area contributed by atoms with Gasteiger partial charge in [-0.3, -0.25) is 9.59 Å². The molecule has 1 aromatic carbocycles. The number of hydrogen-bond donors (Lipinski definition) is 2. The highest BCUT2D eigenvalue weighted by Crippen LogP contribution is 2.52. The van der Waals surface area contributed by atoms with Gasteiger partial charge in [0.1, 0.15) is 0 Å². The molecule has 1 aromatic heterocycles. The largest absolute Gasteiger partial charge is 0.448 e. The van der Waals surface area contributed by atoms with Gasteiger partial charge in [0.05, 0.1) is 29.2 Å². The molecule has 0 radical (unpaired) electrons. The van der Waals surface area contributed by atoms with E-state index in [0.717, 1.165) is 49.1 Å². The van der Waals surface area contributed by atoms with E-state index in [0.29, 0.717) is 39.8 Å². The molecule has 5 rings (SSSR count). The van der Waals surface area contributed by atoms with E-state index in [1.165, 1.54) is 11.8 Å². The number of benzene rings is 1. The lowest BCUT2D eigenvalue weighted by atomic mass is 9.82. The van der Waals surface area contributed by atoms with Gasteiger partial charge in [0.15, 0.2) is 11.5 Å². The number of aromatic amines is 1. The van der Waals surface area contributed by atoms with Crippen LogP contribution in [0.2, 0.25) is 5.02 Å². The molecule has 2 aromatic rings. The number of rotatable bonds is 8. The van der Waals surface area contributed by atoms with E-state index in [9.17, 15) is 14.9 Å². The van der Waals surface area contributed by atoms with Crippen LogP contribution in [0.5, 0.6) is 11.5 Å². The Kier molecular flexibility index (Phi) is 7.66. The summed E-state index contributed by atoms with van der Waals surface area (Å²) >= 11 is 8.07. The molecule has 1 atom stereocenters. The van der Waals surface area contributed by atoms with Crippen molar-refractivity contribution in [3.05, 3.63) is 49.9 Å². The monoisotopic (exact) mass is 571 g/mol. The van der Waals surface area contributed by atoms with Crippen LogP contribution in [0.3, 0.4) is 0 Å². The van der Waals surface area contributed by atoms with Crippen LogP contribution in [0.15, 0.2) is 21.8 Å². The number of carbonyl (C=O) groups excluding carboxylic acids is 1. The first kappa shape index (κ1) is 27.9. The average Bonchev–Trinajstić information content (AvgIpc) is 3.61. The molecule has 2 N–H and O–H groups in total. The standard InChI is InChI=1S/C29H34ClN3O5S/c1-16-11-23(39-4)21(27(35)33-16)13-32-26(34)20-12-22(30)25-24(17(20)2)37-28(3,38-25)18-5-7-19(8-6-18)36-15-29(14-31)9-10-29/h11-12,18-19H,5-10,13,15H2,1-4H3,(H,32,34)(H,33,35). The van der Waals surface area contributed by atoms with E-state index in [1.807, 2.05) is 33.1 Å². The number of nitriles is 1. The highest BCUT2D eigenvalue weighted by Gasteiger charge is 2.48. The van der Waals surface area contributed by atoms with Gasteiger partial charge in [-0.1, -0.05) is 11.6 Å². The lowest BCUT2D eigenvalue weighted by Crippen LogP contribution is -2.45. The number of nitrogens with zero attached hydrogens (tertiary/aromatic N) is 1. The highest BCUT2D eigenvalue weighted by atomic mass is 35.5. The first-order valence-electron chi connectivity index (χ1n) is 13.4. The van der Waals surface area contributed by atoms with Crippen LogP contribution in [-0.2, 0) is 11.3 Å². The molecule has 10 heteroatoms. The van der Waals surface area contributed by atoms with Crippen LogP contribution in [-0.4, -0.2) is 35.6 Å². The van der Waals surface area contributed by atoms with Gasteiger partial charge < -0.3 is 24.5 Å². The summed E-state index contributed by atoms with van der Waals surface area (Å²) in [5.41, 5.74) is 1.83. The number of H-pyrrole nitrogens is 1. The van der Waals surface area contributed by atoms with Crippen LogP contribution < -0.4 is 20.3 Å². The van der Waals surface area contributed by atoms with Gasteiger partial charge in [-0.2, -0.15) is 5.26 Å². The van der Waals surface area contributed by atoms with Gasteiger partial charge >= 0.3 is 0 Å². The maximum Gasteiger partial charge on any atom is 0.254 e. The van der Waals surface area contributed by atoms with Gasteiger partial charge in [0, 0.05) is 46.7 Å². The molecule has 2 fully saturated rings. The van der Waals surface area contributed by atoms with E-state index in [1.54, 1.807) is 6.07 Å². The van der Waals surface area contributed by atoms with Crippen molar-refractivity contribution in [1.82, 2.24) is 10.3 Å². The van der Waals surface area contributed by atoms with Crippen molar-refractivity contribution >= 4 is 29.3 Å². The number of aryl methyl sites for hydroxylation is 1. The molecule has 1 amide bonds. The number of aromatic nitrogens is 1. The van der Waals surface area contributed by atoms with Crippen LogP contribution in [0.4, 0.5) is 0 Å². The SMILES string of the molecule is CSc1cc(C)[nH]c(=O)c1CNC(=O)c1cc(Cl)c2c(c1C)OC(C)(C1CCC(OCC3(C#N)CC3)CC1)O2. The molecule has 3 aliphatic rings. The maximum absolute atomic E-state index is 13.2. The summed E-state index contributed by atoms with van der Waals surface area (Å²) < 4.78 is 18.8. The van der Waals surface area contributed by atoms with Crippen LogP contribution in [0.1, 0.15) is 72.6 Å². The minimum absolute atomic E-state index is 0.0919. The summed E-state index contributed by atoms with van der Waals surface area (Å²) in [7, 11) is 0. The fraction of sp³-hybridized carbons (Fsp3) is 0.552. The number of halogens is 1. The summed E-state index contributed by atoms with van der Waals surface area (Å²) in [5, 5.41) is 12.5. The molecule has 0 spiro atoms. The number of carbonyl (C=O) groups is 1. The number of thioether (sulfide) groups is 1. The van der Waals surface area contributed by atoms with E-state index in [-0.39, 0.29) is 35.4 Å². The third-order valence-electron chi connectivity index (χ3n) is 8.27. The molecule has 0 bridgehead atoms. The quantitative estimate of drug-likeness (QED) is 0.393. The molecule has 208 valence electrons. The van der Waals surface area contributed by atoms with Crippen molar-refractivity contribution < 1.29 is 19.0 Å². The number of pyridine rings is 1. The Morgan fingerprint density at radius 2 is 1.92 bits per heavy atom. The minimum atomic E-state index is -0.899. The van der Waals surface area contributed by atoms with E-state index in [4.69, 9.17) is 25.8 Å². The lowest BCUT2D eigenvalue weighted by molar-refractivity contribution is -0.130. The Hall–Kier alpha value is -2.67. The zero-order chi connectivity index (χ0) is 27.9. The Morgan fingerprint density at radius 1 is 1.23 bits per heavy atom. The van der Waals surface area contributed by atoms with Crippen molar-refractivity contribution in [2.75, 3.05) is 12.9 Å². The molecular formula is C29H34ClN3O5S. The van der Waals surface area contributed by atoms with Crippen LogP contribution in [0.25, 0.3) is 0 Å². The third-order valence-corrected chi connectivity index (χ3v) is 9.35. The second-order valence-electron chi connectivity index (χ2n) is 11.1. The fourth-order valence-electron chi connectivity index (χ4n) is 5.52. The molecular weight excluding hydrogens is 538 g/mol. The zero-order valence-electron chi connectivity index (χ0n) is 22.7. The second-order valence-corrected chi connectivity index (χ2v) is 12.4. The first-order valence-corrected chi connectivity index (χ1v) is 15.0. The molecule has 0 saturated heterocycles. The molecule has 2 aliphatic carbocycles. The number of amides is 1. The van der Waals surface area contributed by atoms with Gasteiger partial charge in [-0.05, 0) is 70.8 Å². The molecule has 2 heterocycles. The number of hydrogen-bond acceptors (Lipinski definition) is 7.